The molecule has 0 heterocycles. The van der Waals surface area contributed by atoms with E-state index in [1.807, 2.05) is 0 Å². The Morgan fingerprint density at radius 2 is 1.78 bits per heavy atom. The minimum Gasteiger partial charge on any atom is -0.450 e. The molecule has 0 aromatic heterocycles. The van der Waals surface area contributed by atoms with Crippen molar-refractivity contribution < 1.29 is 14.6 Å². The second kappa shape index (κ2) is 15.7. The average molecular weight is 199 g/mol. The molecule has 0 rings (SSSR count). The van der Waals surface area contributed by atoms with Crippen LogP contribution in [0.4, 0.5) is 4.79 Å². The normalized spacial score (nSPS) is 5.00. The Kier molecular flexibility index (Phi) is 40.0. The van der Waals surface area contributed by atoms with Gasteiger partial charge in [0.05, 0.1) is 6.61 Å². The third-order valence-electron chi connectivity index (χ3n) is 0.268. The van der Waals surface area contributed by atoms with Gasteiger partial charge in [-0.2, -0.15) is 0 Å². The quantitative estimate of drug-likeness (QED) is 0.657. The molecule has 0 aromatic rings. The molecular formula is C3H9Cl3O3. The van der Waals surface area contributed by atoms with Crippen molar-refractivity contribution in [1.82, 2.24) is 0 Å². The molecule has 0 aliphatic rings. The molecule has 6 heteroatoms. The highest BCUT2D eigenvalue weighted by molar-refractivity contribution is 5.86. The number of carboxylic acid groups (broad SMARTS) is 1. The molecule has 0 fully saturated rings. The van der Waals surface area contributed by atoms with Gasteiger partial charge in [0.15, 0.2) is 0 Å². The van der Waals surface area contributed by atoms with Crippen LogP contribution in [-0.2, 0) is 4.74 Å². The minimum absolute atomic E-state index is 0. The highest BCUT2D eigenvalue weighted by Gasteiger charge is 1.86. The fourth-order valence-electron chi connectivity index (χ4n) is 0.123. The first-order valence-corrected chi connectivity index (χ1v) is 1.63. The van der Waals surface area contributed by atoms with Crippen LogP contribution in [0.25, 0.3) is 0 Å². The van der Waals surface area contributed by atoms with Crippen molar-refractivity contribution in [2.45, 2.75) is 6.92 Å². The third kappa shape index (κ3) is 31.1. The Morgan fingerprint density at radius 3 is 1.78 bits per heavy atom. The molecule has 0 saturated carbocycles. The highest BCUT2D eigenvalue weighted by atomic mass is 35.5. The second-order valence-corrected chi connectivity index (χ2v) is 0.699. The van der Waals surface area contributed by atoms with Crippen LogP contribution < -0.4 is 0 Å². The molecule has 0 amide bonds. The van der Waals surface area contributed by atoms with Crippen molar-refractivity contribution in [2.24, 2.45) is 0 Å². The summed E-state index contributed by atoms with van der Waals surface area (Å²) in [5.41, 5.74) is 0. The molecule has 0 atom stereocenters. The smallest absolute Gasteiger partial charge is 0.450 e. The van der Waals surface area contributed by atoms with Crippen LogP contribution in [0.2, 0.25) is 0 Å². The topological polar surface area (TPSA) is 46.5 Å². The van der Waals surface area contributed by atoms with Crippen LogP contribution in [0.15, 0.2) is 0 Å². The predicted molar refractivity (Wildman–Crippen MR) is 41.4 cm³/mol. The number of carbonyl (C=O) groups is 1. The zero-order valence-corrected chi connectivity index (χ0v) is 7.15. The monoisotopic (exact) mass is 198 g/mol. The molecule has 60 valence electrons. The lowest BCUT2D eigenvalue weighted by Crippen LogP contribution is -1.97. The van der Waals surface area contributed by atoms with E-state index in [4.69, 9.17) is 5.11 Å². The maximum absolute atomic E-state index is 9.38. The summed E-state index contributed by atoms with van der Waals surface area (Å²) in [6.07, 6.45) is -1.21. The van der Waals surface area contributed by atoms with E-state index in [-0.39, 0.29) is 43.8 Å². The lowest BCUT2D eigenvalue weighted by Gasteiger charge is -1.87. The van der Waals surface area contributed by atoms with Gasteiger partial charge in [0.2, 0.25) is 0 Å². The van der Waals surface area contributed by atoms with Crippen LogP contribution in [0.5, 0.6) is 0 Å². The fourth-order valence-corrected chi connectivity index (χ4v) is 0.123. The standard InChI is InChI=1S/C3H6O3.3ClH/c1-2-6-3(4)5;;;/h2H2,1H3,(H,4,5);3*1H. The molecule has 0 aliphatic heterocycles. The first kappa shape index (κ1) is 22.9. The SMILES string of the molecule is CCOC(=O)O.Cl.Cl.Cl. The molecule has 0 radical (unpaired) electrons. The third-order valence-corrected chi connectivity index (χ3v) is 0.268. The van der Waals surface area contributed by atoms with E-state index in [0.717, 1.165) is 0 Å². The average Bonchev–Trinajstić information content (AvgIpc) is 1.35. The highest BCUT2D eigenvalue weighted by Crippen LogP contribution is 1.69. The second-order valence-electron chi connectivity index (χ2n) is 0.699. The van der Waals surface area contributed by atoms with Gasteiger partial charge in [-0.25, -0.2) is 4.79 Å². The lowest BCUT2D eigenvalue weighted by molar-refractivity contribution is 0.0966. The van der Waals surface area contributed by atoms with Gasteiger partial charge in [0, 0.05) is 0 Å². The maximum atomic E-state index is 9.38. The van der Waals surface area contributed by atoms with Gasteiger partial charge in [0.25, 0.3) is 0 Å². The molecule has 0 spiro atoms. The van der Waals surface area contributed by atoms with Crippen LogP contribution in [0, 0.1) is 0 Å². The van der Waals surface area contributed by atoms with E-state index in [2.05, 4.69) is 4.74 Å². The summed E-state index contributed by atoms with van der Waals surface area (Å²) >= 11 is 0. The Bertz CT molecular complexity index is 58.3. The fraction of sp³-hybridized carbons (Fsp3) is 0.667. The van der Waals surface area contributed by atoms with Gasteiger partial charge in [0.1, 0.15) is 0 Å². The largest absolute Gasteiger partial charge is 0.505 e. The summed E-state index contributed by atoms with van der Waals surface area (Å²) in [4.78, 5) is 9.38. The van der Waals surface area contributed by atoms with Crippen LogP contribution >= 0.6 is 37.2 Å². The van der Waals surface area contributed by atoms with Crippen molar-refractivity contribution in [3.63, 3.8) is 0 Å². The summed E-state index contributed by atoms with van der Waals surface area (Å²) in [6.45, 7) is 1.85. The Labute approximate surface area is 72.0 Å². The summed E-state index contributed by atoms with van der Waals surface area (Å²) in [6, 6.07) is 0. The minimum atomic E-state index is -1.21. The van der Waals surface area contributed by atoms with Gasteiger partial charge in [-0.1, -0.05) is 0 Å². The van der Waals surface area contributed by atoms with Crippen molar-refractivity contribution in [1.29, 1.82) is 0 Å². The molecule has 0 aliphatic carbocycles. The van der Waals surface area contributed by atoms with Crippen molar-refractivity contribution in [3.8, 4) is 0 Å². The summed E-state index contributed by atoms with van der Waals surface area (Å²) in [7, 11) is 0. The molecule has 0 saturated heterocycles. The molecule has 0 aromatic carbocycles. The van der Waals surface area contributed by atoms with Crippen LogP contribution in [-0.4, -0.2) is 17.9 Å². The van der Waals surface area contributed by atoms with E-state index in [0.29, 0.717) is 0 Å². The van der Waals surface area contributed by atoms with Crippen molar-refractivity contribution in [3.05, 3.63) is 0 Å². The van der Waals surface area contributed by atoms with Gasteiger partial charge in [-0.3, -0.25) is 0 Å². The van der Waals surface area contributed by atoms with Gasteiger partial charge < -0.3 is 9.84 Å². The molecular weight excluding hydrogens is 190 g/mol. The van der Waals surface area contributed by atoms with Gasteiger partial charge >= 0.3 is 6.16 Å². The summed E-state index contributed by atoms with van der Waals surface area (Å²) in [5, 5.41) is 7.69. The van der Waals surface area contributed by atoms with E-state index in [1.165, 1.54) is 0 Å². The van der Waals surface area contributed by atoms with E-state index >= 15 is 0 Å². The molecule has 1 N–H and O–H groups in total. The predicted octanol–water partition coefficient (Wildman–Crippen LogP) is 1.97. The Morgan fingerprint density at radius 1 is 1.44 bits per heavy atom. The molecule has 3 nitrogen and oxygen atoms in total. The summed E-state index contributed by atoms with van der Waals surface area (Å²) < 4.78 is 3.96. The Balaban J connectivity index is -0.0000000417. The summed E-state index contributed by atoms with van der Waals surface area (Å²) in [5.74, 6) is 0. The van der Waals surface area contributed by atoms with Gasteiger partial charge in [-0.15, -0.1) is 37.2 Å². The van der Waals surface area contributed by atoms with Crippen LogP contribution in [0.3, 0.4) is 0 Å². The van der Waals surface area contributed by atoms with Crippen LogP contribution in [0.1, 0.15) is 6.92 Å². The van der Waals surface area contributed by atoms with Crippen molar-refractivity contribution in [2.75, 3.05) is 6.61 Å². The lowest BCUT2D eigenvalue weighted by atomic mass is 10.9. The van der Waals surface area contributed by atoms with Gasteiger partial charge in [-0.05, 0) is 6.92 Å². The number of halogens is 3. The molecule has 9 heavy (non-hydrogen) atoms. The number of ether oxygens (including phenoxy) is 1. The van der Waals surface area contributed by atoms with E-state index < -0.39 is 6.16 Å². The Hall–Kier alpha value is 0.140. The first-order chi connectivity index (χ1) is 2.77. The number of hydrogen-bond donors (Lipinski definition) is 1. The molecule has 0 unspecified atom stereocenters. The van der Waals surface area contributed by atoms with E-state index in [9.17, 15) is 4.79 Å². The van der Waals surface area contributed by atoms with E-state index in [1.54, 1.807) is 6.92 Å². The number of rotatable bonds is 1. The molecule has 0 bridgehead atoms. The van der Waals surface area contributed by atoms with Crippen molar-refractivity contribution >= 4 is 43.4 Å². The number of hydrogen-bond acceptors (Lipinski definition) is 2. The zero-order chi connectivity index (χ0) is 4.99. The maximum Gasteiger partial charge on any atom is 0.505 e. The first-order valence-electron chi connectivity index (χ1n) is 1.63. The zero-order valence-electron chi connectivity index (χ0n) is 4.70.